The van der Waals surface area contributed by atoms with Crippen LogP contribution in [0, 0.1) is 20.8 Å². The van der Waals surface area contributed by atoms with E-state index in [1.54, 1.807) is 24.6 Å². The highest BCUT2D eigenvalue weighted by atomic mass is 32.1. The van der Waals surface area contributed by atoms with Crippen molar-refractivity contribution < 1.29 is 13.2 Å². The summed E-state index contributed by atoms with van der Waals surface area (Å²) in [5, 5.41) is 12.4. The first-order valence-electron chi connectivity index (χ1n) is 9.75. The first-order chi connectivity index (χ1) is 14.7. The Balaban J connectivity index is 1.46. The number of aryl methyl sites for hydroxylation is 2. The second-order valence-electron chi connectivity index (χ2n) is 7.58. The van der Waals surface area contributed by atoms with Crippen LogP contribution in [-0.4, -0.2) is 56.0 Å². The Kier molecular flexibility index (Phi) is 4.50. The summed E-state index contributed by atoms with van der Waals surface area (Å²) in [6.45, 7) is 8.21. The fourth-order valence-electron chi connectivity index (χ4n) is 3.94. The molecule has 1 fully saturated rings. The molecule has 5 rings (SSSR count). The van der Waals surface area contributed by atoms with Gasteiger partial charge in [-0.2, -0.15) is 17.7 Å². The molecule has 0 bridgehead atoms. The summed E-state index contributed by atoms with van der Waals surface area (Å²) < 4.78 is 40.8. The van der Waals surface area contributed by atoms with Crippen molar-refractivity contribution in [2.75, 3.05) is 36.0 Å². The van der Waals surface area contributed by atoms with E-state index in [2.05, 4.69) is 36.2 Å². The zero-order valence-corrected chi connectivity index (χ0v) is 17.9. The quantitative estimate of drug-likeness (QED) is 0.465. The Morgan fingerprint density at radius 3 is 2.26 bits per heavy atom. The summed E-state index contributed by atoms with van der Waals surface area (Å²) in [5.74, 6) is 0.305. The van der Waals surface area contributed by atoms with Gasteiger partial charge in [0.05, 0.1) is 5.39 Å². The highest BCUT2D eigenvalue weighted by Crippen LogP contribution is 2.33. The van der Waals surface area contributed by atoms with Gasteiger partial charge in [-0.25, -0.2) is 9.97 Å². The van der Waals surface area contributed by atoms with Crippen LogP contribution < -0.4 is 9.80 Å². The zero-order valence-electron chi connectivity index (χ0n) is 17.1. The largest absolute Gasteiger partial charge is 0.453 e. The van der Waals surface area contributed by atoms with Crippen LogP contribution in [0.1, 0.15) is 21.8 Å². The van der Waals surface area contributed by atoms with Gasteiger partial charge in [0.25, 0.3) is 5.82 Å². The maximum Gasteiger partial charge on any atom is 0.453 e. The SMILES string of the molecule is Cc1cc2c(N3CCN(c4nn5c(C(F)(F)F)nnc5c(C)c4C)CC3)ncnc2s1. The molecule has 8 nitrogen and oxygen atoms in total. The van der Waals surface area contributed by atoms with E-state index in [9.17, 15) is 13.2 Å². The average Bonchev–Trinajstić information content (AvgIpc) is 3.33. The van der Waals surface area contributed by atoms with Crippen LogP contribution in [0.4, 0.5) is 24.8 Å². The van der Waals surface area contributed by atoms with E-state index < -0.39 is 12.0 Å². The predicted octanol–water partition coefficient (Wildman–Crippen LogP) is 3.40. The summed E-state index contributed by atoms with van der Waals surface area (Å²) in [6.07, 6.45) is -3.05. The molecule has 0 aliphatic carbocycles. The Morgan fingerprint density at radius 1 is 0.903 bits per heavy atom. The Morgan fingerprint density at radius 2 is 1.58 bits per heavy atom. The number of anilines is 2. The molecule has 162 valence electrons. The third-order valence-corrected chi connectivity index (χ3v) is 6.59. The highest BCUT2D eigenvalue weighted by molar-refractivity contribution is 7.18. The molecule has 0 atom stereocenters. The molecule has 0 aromatic carbocycles. The third kappa shape index (κ3) is 3.25. The molecule has 5 heterocycles. The highest BCUT2D eigenvalue weighted by Gasteiger charge is 2.38. The van der Waals surface area contributed by atoms with Crippen molar-refractivity contribution in [1.82, 2.24) is 29.8 Å². The van der Waals surface area contributed by atoms with Crippen molar-refractivity contribution >= 4 is 38.8 Å². The number of rotatable bonds is 2. The van der Waals surface area contributed by atoms with Crippen LogP contribution >= 0.6 is 11.3 Å². The first-order valence-corrected chi connectivity index (χ1v) is 10.6. The van der Waals surface area contributed by atoms with Gasteiger partial charge in [0.15, 0.2) is 11.5 Å². The molecule has 0 saturated carbocycles. The smallest absolute Gasteiger partial charge is 0.352 e. The van der Waals surface area contributed by atoms with Crippen molar-refractivity contribution in [3.8, 4) is 0 Å². The second-order valence-corrected chi connectivity index (χ2v) is 8.81. The van der Waals surface area contributed by atoms with Gasteiger partial charge >= 0.3 is 6.18 Å². The van der Waals surface area contributed by atoms with E-state index in [-0.39, 0.29) is 5.65 Å². The summed E-state index contributed by atoms with van der Waals surface area (Å²) in [4.78, 5) is 15.2. The van der Waals surface area contributed by atoms with E-state index in [0.29, 0.717) is 37.6 Å². The normalized spacial score (nSPS) is 15.4. The van der Waals surface area contributed by atoms with Crippen LogP contribution in [0.5, 0.6) is 0 Å². The van der Waals surface area contributed by atoms with Crippen LogP contribution in [0.2, 0.25) is 0 Å². The van der Waals surface area contributed by atoms with Gasteiger partial charge < -0.3 is 9.80 Å². The van der Waals surface area contributed by atoms with Gasteiger partial charge in [-0.1, -0.05) is 0 Å². The molecule has 0 radical (unpaired) electrons. The Bertz CT molecular complexity index is 1290. The number of hydrogen-bond acceptors (Lipinski definition) is 8. The molecule has 1 aliphatic heterocycles. The fraction of sp³-hybridized carbons (Fsp3) is 0.421. The van der Waals surface area contributed by atoms with E-state index >= 15 is 0 Å². The number of hydrogen-bond donors (Lipinski definition) is 0. The Labute approximate surface area is 179 Å². The minimum atomic E-state index is -4.62. The summed E-state index contributed by atoms with van der Waals surface area (Å²) in [6, 6.07) is 2.09. The molecule has 4 aromatic rings. The molecular formula is C19H19F3N8S. The molecule has 1 saturated heterocycles. The molecule has 4 aromatic heterocycles. The van der Waals surface area contributed by atoms with Crippen LogP contribution in [0.3, 0.4) is 0 Å². The van der Waals surface area contributed by atoms with Gasteiger partial charge in [-0.05, 0) is 26.8 Å². The van der Waals surface area contributed by atoms with Gasteiger partial charge in [-0.15, -0.1) is 26.6 Å². The van der Waals surface area contributed by atoms with Crippen molar-refractivity contribution in [3.05, 3.63) is 34.2 Å². The van der Waals surface area contributed by atoms with Gasteiger partial charge in [0.2, 0.25) is 0 Å². The molecule has 12 heteroatoms. The minimum absolute atomic E-state index is 0.128. The number of nitrogens with zero attached hydrogens (tertiary/aromatic N) is 8. The number of fused-ring (bicyclic) bond motifs is 2. The lowest BCUT2D eigenvalue weighted by atomic mass is 10.1. The molecule has 0 unspecified atom stereocenters. The maximum atomic E-state index is 13.3. The second kappa shape index (κ2) is 7.01. The van der Waals surface area contributed by atoms with E-state index in [1.807, 2.05) is 18.7 Å². The van der Waals surface area contributed by atoms with Crippen LogP contribution in [-0.2, 0) is 6.18 Å². The monoisotopic (exact) mass is 448 g/mol. The van der Waals surface area contributed by atoms with Crippen LogP contribution in [0.15, 0.2) is 12.4 Å². The molecule has 1 aliphatic rings. The maximum absolute atomic E-state index is 13.3. The number of halogens is 3. The number of thiophene rings is 1. The Hall–Kier alpha value is -3.02. The van der Waals surface area contributed by atoms with E-state index in [0.717, 1.165) is 26.1 Å². The molecule has 31 heavy (non-hydrogen) atoms. The third-order valence-electron chi connectivity index (χ3n) is 5.63. The lowest BCUT2D eigenvalue weighted by molar-refractivity contribution is -0.146. The van der Waals surface area contributed by atoms with Crippen molar-refractivity contribution in [2.24, 2.45) is 0 Å². The van der Waals surface area contributed by atoms with Gasteiger partial charge in [0.1, 0.15) is 17.0 Å². The first kappa shape index (κ1) is 19.9. The lowest BCUT2D eigenvalue weighted by Crippen LogP contribution is -2.47. The summed E-state index contributed by atoms with van der Waals surface area (Å²) in [5.41, 5.74) is 1.57. The van der Waals surface area contributed by atoms with Crippen molar-refractivity contribution in [2.45, 2.75) is 26.9 Å². The summed E-state index contributed by atoms with van der Waals surface area (Å²) in [7, 11) is 0. The molecule has 0 spiro atoms. The molecule has 0 amide bonds. The zero-order chi connectivity index (χ0) is 21.9. The molecule has 0 N–H and O–H groups in total. The molecular weight excluding hydrogens is 429 g/mol. The van der Waals surface area contributed by atoms with E-state index in [1.165, 1.54) is 4.88 Å². The standard InChI is InChI=1S/C19H19F3N8S/c1-10-8-13-16(23-9-24-17(13)31-10)29-6-4-28(5-7-29)15-12(3)11(2)14-25-26-18(19(20,21)22)30(14)27-15/h8-9H,4-7H2,1-3H3. The van der Waals surface area contributed by atoms with Crippen molar-refractivity contribution in [1.29, 1.82) is 0 Å². The number of alkyl halides is 3. The minimum Gasteiger partial charge on any atom is -0.352 e. The summed E-state index contributed by atoms with van der Waals surface area (Å²) >= 11 is 1.63. The van der Waals surface area contributed by atoms with Crippen LogP contribution in [0.25, 0.3) is 15.9 Å². The van der Waals surface area contributed by atoms with Gasteiger partial charge in [0, 0.05) is 42.2 Å². The van der Waals surface area contributed by atoms with Crippen molar-refractivity contribution in [3.63, 3.8) is 0 Å². The fourth-order valence-corrected chi connectivity index (χ4v) is 4.78. The van der Waals surface area contributed by atoms with E-state index in [4.69, 9.17) is 0 Å². The topological polar surface area (TPSA) is 75.3 Å². The number of piperazine rings is 1. The predicted molar refractivity (Wildman–Crippen MR) is 112 cm³/mol. The number of aromatic nitrogens is 6. The van der Waals surface area contributed by atoms with Gasteiger partial charge in [-0.3, -0.25) is 0 Å². The average molecular weight is 448 g/mol. The lowest BCUT2D eigenvalue weighted by Gasteiger charge is -2.36.